The Morgan fingerprint density at radius 2 is 2.00 bits per heavy atom. The third-order valence-electron chi connectivity index (χ3n) is 2.66. The number of nitrogens with one attached hydrogen (secondary N) is 2. The summed E-state index contributed by atoms with van der Waals surface area (Å²) >= 11 is 0. The average Bonchev–Trinajstić information content (AvgIpc) is 3.18. The molecule has 6 nitrogen and oxygen atoms in total. The molecule has 96 valence electrons. The number of pyridine rings is 1. The van der Waals surface area contributed by atoms with Crippen LogP contribution in [0.1, 0.15) is 23.3 Å². The molecule has 1 aromatic heterocycles. The zero-order valence-electron chi connectivity index (χ0n) is 9.98. The maximum Gasteiger partial charge on any atom is 0.270 e. The van der Waals surface area contributed by atoms with Gasteiger partial charge in [0, 0.05) is 19.0 Å². The van der Waals surface area contributed by atoms with Gasteiger partial charge >= 0.3 is 0 Å². The third kappa shape index (κ3) is 3.44. The second-order valence-corrected chi connectivity index (χ2v) is 4.27. The van der Waals surface area contributed by atoms with E-state index in [1.807, 2.05) is 0 Å². The Labute approximate surface area is 105 Å². The minimum atomic E-state index is -0.289. The molecule has 1 fully saturated rings. The molecule has 0 aromatic carbocycles. The van der Waals surface area contributed by atoms with E-state index < -0.39 is 0 Å². The van der Waals surface area contributed by atoms with Crippen LogP contribution in [0.2, 0.25) is 0 Å². The summed E-state index contributed by atoms with van der Waals surface area (Å²) in [7, 11) is 0. The molecule has 4 N–H and O–H groups in total. The molecule has 2 rings (SSSR count). The molecular weight excluding hydrogens is 232 g/mol. The van der Waals surface area contributed by atoms with Crippen LogP contribution in [0.25, 0.3) is 0 Å². The minimum absolute atomic E-state index is 0.0753. The van der Waals surface area contributed by atoms with Crippen LogP contribution in [0.5, 0.6) is 0 Å². The van der Waals surface area contributed by atoms with Crippen molar-refractivity contribution in [3.63, 3.8) is 0 Å². The number of rotatable bonds is 5. The molecule has 0 spiro atoms. The molecule has 0 saturated heterocycles. The molecule has 0 atom stereocenters. The summed E-state index contributed by atoms with van der Waals surface area (Å²) in [4.78, 5) is 26.9. The van der Waals surface area contributed by atoms with Gasteiger partial charge in [0.05, 0.1) is 0 Å². The predicted octanol–water partition coefficient (Wildman–Crippen LogP) is -0.0802. The lowest BCUT2D eigenvalue weighted by molar-refractivity contribution is -0.122. The fourth-order valence-corrected chi connectivity index (χ4v) is 1.52. The van der Waals surface area contributed by atoms with E-state index in [0.29, 0.717) is 18.9 Å². The van der Waals surface area contributed by atoms with Gasteiger partial charge in [0.25, 0.3) is 5.91 Å². The number of aromatic nitrogens is 1. The van der Waals surface area contributed by atoms with Crippen LogP contribution in [0, 0.1) is 5.92 Å². The Balaban J connectivity index is 1.69. The van der Waals surface area contributed by atoms with Gasteiger partial charge in [-0.05, 0) is 25.0 Å². The van der Waals surface area contributed by atoms with E-state index in [4.69, 9.17) is 5.73 Å². The van der Waals surface area contributed by atoms with Crippen LogP contribution in [0.3, 0.4) is 0 Å². The maximum atomic E-state index is 11.6. The van der Waals surface area contributed by atoms with Crippen molar-refractivity contribution in [1.29, 1.82) is 0 Å². The molecule has 1 aromatic rings. The number of carbonyl (C=O) groups excluding carboxylic acids is 2. The van der Waals surface area contributed by atoms with Crippen molar-refractivity contribution in [1.82, 2.24) is 15.6 Å². The summed E-state index contributed by atoms with van der Waals surface area (Å²) in [6.45, 7) is 0.817. The lowest BCUT2D eigenvalue weighted by Gasteiger charge is -2.06. The molecule has 0 unspecified atom stereocenters. The number of anilines is 1. The molecule has 18 heavy (non-hydrogen) atoms. The van der Waals surface area contributed by atoms with Crippen LogP contribution in [0.4, 0.5) is 5.82 Å². The van der Waals surface area contributed by atoms with Gasteiger partial charge in [0.2, 0.25) is 5.91 Å². The van der Waals surface area contributed by atoms with Crippen molar-refractivity contribution in [2.24, 2.45) is 5.92 Å². The number of amides is 2. The first-order valence-electron chi connectivity index (χ1n) is 5.95. The van der Waals surface area contributed by atoms with Crippen LogP contribution in [0.15, 0.2) is 18.2 Å². The molecular formula is C12H16N4O2. The van der Waals surface area contributed by atoms with Crippen molar-refractivity contribution in [2.75, 3.05) is 18.8 Å². The highest BCUT2D eigenvalue weighted by Crippen LogP contribution is 2.28. The number of carbonyl (C=O) groups is 2. The van der Waals surface area contributed by atoms with Crippen LogP contribution in [-0.4, -0.2) is 29.9 Å². The van der Waals surface area contributed by atoms with E-state index in [-0.39, 0.29) is 23.4 Å². The number of nitrogens with zero attached hydrogens (tertiary/aromatic N) is 1. The van der Waals surface area contributed by atoms with Crippen LogP contribution in [-0.2, 0) is 4.79 Å². The van der Waals surface area contributed by atoms with E-state index in [1.54, 1.807) is 18.2 Å². The Bertz CT molecular complexity index is 457. The summed E-state index contributed by atoms with van der Waals surface area (Å²) < 4.78 is 0. The molecule has 0 aliphatic heterocycles. The molecule has 0 bridgehead atoms. The first-order valence-corrected chi connectivity index (χ1v) is 5.95. The first-order chi connectivity index (χ1) is 8.66. The van der Waals surface area contributed by atoms with Gasteiger partial charge in [-0.15, -0.1) is 0 Å². The van der Waals surface area contributed by atoms with Gasteiger partial charge in [-0.2, -0.15) is 0 Å². The summed E-state index contributed by atoms with van der Waals surface area (Å²) in [6.07, 6.45) is 1.96. The predicted molar refractivity (Wildman–Crippen MR) is 66.7 cm³/mol. The second kappa shape index (κ2) is 5.48. The fraction of sp³-hybridized carbons (Fsp3) is 0.417. The van der Waals surface area contributed by atoms with Gasteiger partial charge in [-0.3, -0.25) is 9.59 Å². The van der Waals surface area contributed by atoms with E-state index in [9.17, 15) is 9.59 Å². The van der Waals surface area contributed by atoms with E-state index in [0.717, 1.165) is 12.8 Å². The highest BCUT2D eigenvalue weighted by atomic mass is 16.2. The Morgan fingerprint density at radius 3 is 2.67 bits per heavy atom. The molecule has 6 heteroatoms. The minimum Gasteiger partial charge on any atom is -0.384 e. The van der Waals surface area contributed by atoms with Crippen molar-refractivity contribution in [3.8, 4) is 0 Å². The van der Waals surface area contributed by atoms with Gasteiger partial charge in [0.1, 0.15) is 11.5 Å². The van der Waals surface area contributed by atoms with Gasteiger partial charge in [-0.1, -0.05) is 6.07 Å². The van der Waals surface area contributed by atoms with Crippen molar-refractivity contribution < 1.29 is 9.59 Å². The topological polar surface area (TPSA) is 97.1 Å². The Kier molecular flexibility index (Phi) is 3.76. The fourth-order valence-electron chi connectivity index (χ4n) is 1.52. The highest BCUT2D eigenvalue weighted by molar-refractivity contribution is 5.92. The van der Waals surface area contributed by atoms with Crippen LogP contribution >= 0.6 is 0 Å². The molecule has 1 aliphatic rings. The standard InChI is InChI=1S/C12H16N4O2/c13-10-3-1-2-9(16-10)12(18)15-7-6-14-11(17)8-4-5-8/h1-3,8H,4-7H2,(H2,13,16)(H,14,17)(H,15,18). The second-order valence-electron chi connectivity index (χ2n) is 4.27. The monoisotopic (exact) mass is 248 g/mol. The number of nitrogen functional groups attached to an aromatic ring is 1. The quantitative estimate of drug-likeness (QED) is 0.635. The number of nitrogens with two attached hydrogens (primary N) is 1. The smallest absolute Gasteiger partial charge is 0.270 e. The molecule has 1 aliphatic carbocycles. The summed E-state index contributed by atoms with van der Waals surface area (Å²) in [5, 5.41) is 5.43. The lowest BCUT2D eigenvalue weighted by atomic mass is 10.3. The normalized spacial score (nSPS) is 14.0. The van der Waals surface area contributed by atoms with Crippen molar-refractivity contribution >= 4 is 17.6 Å². The lowest BCUT2D eigenvalue weighted by Crippen LogP contribution is -2.35. The molecule has 1 heterocycles. The third-order valence-corrected chi connectivity index (χ3v) is 2.66. The van der Waals surface area contributed by atoms with Gasteiger partial charge in [0.15, 0.2) is 0 Å². The zero-order chi connectivity index (χ0) is 13.0. The van der Waals surface area contributed by atoms with E-state index >= 15 is 0 Å². The first kappa shape index (κ1) is 12.3. The summed E-state index contributed by atoms with van der Waals surface area (Å²) in [6, 6.07) is 4.88. The van der Waals surface area contributed by atoms with E-state index in [1.165, 1.54) is 0 Å². The van der Waals surface area contributed by atoms with Crippen LogP contribution < -0.4 is 16.4 Å². The molecule has 1 saturated carbocycles. The number of hydrogen-bond donors (Lipinski definition) is 3. The summed E-state index contributed by atoms with van der Waals surface area (Å²) in [5.74, 6) is 0.287. The van der Waals surface area contributed by atoms with Gasteiger partial charge in [-0.25, -0.2) is 4.98 Å². The Hall–Kier alpha value is -2.11. The maximum absolute atomic E-state index is 11.6. The highest BCUT2D eigenvalue weighted by Gasteiger charge is 2.28. The Morgan fingerprint density at radius 1 is 1.28 bits per heavy atom. The average molecular weight is 248 g/mol. The largest absolute Gasteiger partial charge is 0.384 e. The molecule has 0 radical (unpaired) electrons. The van der Waals surface area contributed by atoms with Gasteiger partial charge < -0.3 is 16.4 Å². The summed E-state index contributed by atoms with van der Waals surface area (Å²) in [5.41, 5.74) is 5.76. The van der Waals surface area contributed by atoms with E-state index in [2.05, 4.69) is 15.6 Å². The SMILES string of the molecule is Nc1cccc(C(=O)NCCNC(=O)C2CC2)n1. The van der Waals surface area contributed by atoms with Crippen molar-refractivity contribution in [3.05, 3.63) is 23.9 Å². The zero-order valence-corrected chi connectivity index (χ0v) is 9.98. The van der Waals surface area contributed by atoms with Crippen molar-refractivity contribution in [2.45, 2.75) is 12.8 Å². The number of hydrogen-bond acceptors (Lipinski definition) is 4. The molecule has 2 amide bonds.